The highest BCUT2D eigenvalue weighted by molar-refractivity contribution is 7.92. The monoisotopic (exact) mass is 407 g/mol. The molecule has 1 unspecified atom stereocenters. The Balaban J connectivity index is 2.09. The molecule has 2 amide bonds. The van der Waals surface area contributed by atoms with Crippen molar-refractivity contribution in [3.8, 4) is 0 Å². The number of carbonyl (C=O) groups excluding carboxylic acids is 2. The van der Waals surface area contributed by atoms with Crippen LogP contribution < -0.4 is 15.4 Å². The summed E-state index contributed by atoms with van der Waals surface area (Å²) in [6.45, 7) is 3.51. The molecule has 3 N–H and O–H groups in total. The molecule has 0 radical (unpaired) electrons. The van der Waals surface area contributed by atoms with Crippen molar-refractivity contribution >= 4 is 33.2 Å². The summed E-state index contributed by atoms with van der Waals surface area (Å²) < 4.78 is 38.6. The Kier molecular flexibility index (Phi) is 6.74. The van der Waals surface area contributed by atoms with Gasteiger partial charge in [0.05, 0.1) is 11.8 Å². The van der Waals surface area contributed by atoms with Crippen LogP contribution in [0.2, 0.25) is 0 Å². The van der Waals surface area contributed by atoms with E-state index in [0.29, 0.717) is 11.4 Å². The van der Waals surface area contributed by atoms with E-state index in [1.165, 1.54) is 48.5 Å². The van der Waals surface area contributed by atoms with Crippen molar-refractivity contribution in [1.82, 2.24) is 5.32 Å². The van der Waals surface area contributed by atoms with Crippen molar-refractivity contribution in [3.63, 3.8) is 0 Å². The first-order valence-corrected chi connectivity index (χ1v) is 10.4. The molecule has 2 aromatic rings. The number of amides is 2. The molecule has 9 heteroatoms. The summed E-state index contributed by atoms with van der Waals surface area (Å²) >= 11 is 0. The molecule has 0 spiro atoms. The summed E-state index contributed by atoms with van der Waals surface area (Å²) in [6, 6.07) is 10.7. The van der Waals surface area contributed by atoms with E-state index in [1.807, 2.05) is 0 Å². The Morgan fingerprint density at radius 2 is 1.54 bits per heavy atom. The number of hydrogen-bond acceptors (Lipinski definition) is 4. The molecule has 0 bridgehead atoms. The largest absolute Gasteiger partial charge is 0.340 e. The maximum Gasteiger partial charge on any atom is 0.254 e. The topological polar surface area (TPSA) is 104 Å². The summed E-state index contributed by atoms with van der Waals surface area (Å²) in [7, 11) is -3.40. The smallest absolute Gasteiger partial charge is 0.254 e. The highest BCUT2D eigenvalue weighted by Gasteiger charge is 2.25. The zero-order valence-corrected chi connectivity index (χ0v) is 16.5. The molecule has 28 heavy (non-hydrogen) atoms. The third-order valence-corrected chi connectivity index (χ3v) is 4.42. The number of rotatable bonds is 7. The lowest BCUT2D eigenvalue weighted by Crippen LogP contribution is -2.47. The van der Waals surface area contributed by atoms with Gasteiger partial charge in [-0.2, -0.15) is 0 Å². The third-order valence-electron chi connectivity index (χ3n) is 3.81. The molecule has 2 aromatic carbocycles. The van der Waals surface area contributed by atoms with Crippen molar-refractivity contribution in [2.75, 3.05) is 16.3 Å². The van der Waals surface area contributed by atoms with Crippen LogP contribution in [-0.2, 0) is 14.8 Å². The molecule has 7 nitrogen and oxygen atoms in total. The van der Waals surface area contributed by atoms with Crippen LogP contribution in [0.3, 0.4) is 0 Å². The molecule has 0 heterocycles. The van der Waals surface area contributed by atoms with Crippen molar-refractivity contribution in [2.24, 2.45) is 5.92 Å². The minimum Gasteiger partial charge on any atom is -0.340 e. The van der Waals surface area contributed by atoms with Crippen LogP contribution in [0, 0.1) is 11.7 Å². The lowest BCUT2D eigenvalue weighted by atomic mass is 10.0. The second-order valence-electron chi connectivity index (χ2n) is 6.62. The van der Waals surface area contributed by atoms with Crippen LogP contribution in [0.4, 0.5) is 15.8 Å². The predicted octanol–water partition coefficient (Wildman–Crippen LogP) is 2.59. The van der Waals surface area contributed by atoms with Crippen LogP contribution in [0.1, 0.15) is 24.2 Å². The SMILES string of the molecule is CC(C)C(NC(=O)c1ccccc1F)C(=O)Nc1ccc(NS(C)(=O)=O)cc1. The first-order valence-electron chi connectivity index (χ1n) is 8.51. The average Bonchev–Trinajstić information content (AvgIpc) is 2.60. The maximum absolute atomic E-state index is 13.8. The molecule has 0 aliphatic rings. The highest BCUT2D eigenvalue weighted by atomic mass is 32.2. The minimum atomic E-state index is -3.40. The van der Waals surface area contributed by atoms with Crippen LogP contribution in [0.5, 0.6) is 0 Å². The summed E-state index contributed by atoms with van der Waals surface area (Å²) in [4.78, 5) is 24.9. The van der Waals surface area contributed by atoms with E-state index in [-0.39, 0.29) is 11.5 Å². The lowest BCUT2D eigenvalue weighted by Gasteiger charge is -2.22. The molecular weight excluding hydrogens is 385 g/mol. The number of nitrogens with one attached hydrogen (secondary N) is 3. The molecule has 0 saturated heterocycles. The standard InChI is InChI=1S/C19H22FN3O4S/c1-12(2)17(22-18(24)15-6-4-5-7-16(15)20)19(25)21-13-8-10-14(11-9-13)23-28(3,26)27/h4-12,17,23H,1-3H3,(H,21,25)(H,22,24). The van der Waals surface area contributed by atoms with E-state index in [2.05, 4.69) is 15.4 Å². The third kappa shape index (κ3) is 6.05. The normalized spacial score (nSPS) is 12.3. The zero-order valence-electron chi connectivity index (χ0n) is 15.7. The summed E-state index contributed by atoms with van der Waals surface area (Å²) in [5.41, 5.74) is 0.640. The Labute approximate surface area is 163 Å². The number of benzene rings is 2. The first kappa shape index (κ1) is 21.4. The number of sulfonamides is 1. The first-order chi connectivity index (χ1) is 13.1. The Bertz CT molecular complexity index is 959. The molecule has 150 valence electrons. The Morgan fingerprint density at radius 1 is 0.964 bits per heavy atom. The second kappa shape index (κ2) is 8.83. The van der Waals surface area contributed by atoms with Crippen molar-refractivity contribution in [3.05, 3.63) is 59.9 Å². The highest BCUT2D eigenvalue weighted by Crippen LogP contribution is 2.16. The van der Waals surface area contributed by atoms with Gasteiger partial charge in [-0.05, 0) is 42.3 Å². The molecule has 2 rings (SSSR count). The van der Waals surface area contributed by atoms with Gasteiger partial charge in [0.15, 0.2) is 0 Å². The number of halogens is 1. The predicted molar refractivity (Wildman–Crippen MR) is 106 cm³/mol. The van der Waals surface area contributed by atoms with E-state index in [1.54, 1.807) is 13.8 Å². The van der Waals surface area contributed by atoms with Gasteiger partial charge >= 0.3 is 0 Å². The van der Waals surface area contributed by atoms with E-state index in [9.17, 15) is 22.4 Å². The van der Waals surface area contributed by atoms with Crippen LogP contribution in [0.25, 0.3) is 0 Å². The molecule has 0 saturated carbocycles. The molecule has 1 atom stereocenters. The van der Waals surface area contributed by atoms with Gasteiger partial charge in [-0.3, -0.25) is 14.3 Å². The van der Waals surface area contributed by atoms with Gasteiger partial charge in [0.1, 0.15) is 11.9 Å². The van der Waals surface area contributed by atoms with Crippen LogP contribution in [0.15, 0.2) is 48.5 Å². The summed E-state index contributed by atoms with van der Waals surface area (Å²) in [5, 5.41) is 5.21. The van der Waals surface area contributed by atoms with E-state index < -0.39 is 33.7 Å². The van der Waals surface area contributed by atoms with Gasteiger partial charge in [0.2, 0.25) is 15.9 Å². The van der Waals surface area contributed by atoms with Gasteiger partial charge < -0.3 is 10.6 Å². The number of hydrogen-bond donors (Lipinski definition) is 3. The Morgan fingerprint density at radius 3 is 2.07 bits per heavy atom. The fourth-order valence-corrected chi connectivity index (χ4v) is 3.02. The van der Waals surface area contributed by atoms with Gasteiger partial charge in [-0.25, -0.2) is 12.8 Å². The molecule has 0 aromatic heterocycles. The van der Waals surface area contributed by atoms with Crippen molar-refractivity contribution < 1.29 is 22.4 Å². The number of anilines is 2. The van der Waals surface area contributed by atoms with Gasteiger partial charge in [0, 0.05) is 11.4 Å². The summed E-state index contributed by atoms with van der Waals surface area (Å²) in [6.07, 6.45) is 1.04. The molecule has 0 aliphatic heterocycles. The van der Waals surface area contributed by atoms with Gasteiger partial charge in [-0.1, -0.05) is 26.0 Å². The zero-order chi connectivity index (χ0) is 20.9. The van der Waals surface area contributed by atoms with Gasteiger partial charge in [0.25, 0.3) is 5.91 Å². The molecule has 0 fully saturated rings. The second-order valence-corrected chi connectivity index (χ2v) is 8.36. The fraction of sp³-hybridized carbons (Fsp3) is 0.263. The Hall–Kier alpha value is -2.94. The van der Waals surface area contributed by atoms with Gasteiger partial charge in [-0.15, -0.1) is 0 Å². The summed E-state index contributed by atoms with van der Waals surface area (Å²) in [5.74, 6) is -2.07. The van der Waals surface area contributed by atoms with E-state index in [4.69, 9.17) is 0 Å². The van der Waals surface area contributed by atoms with Crippen molar-refractivity contribution in [2.45, 2.75) is 19.9 Å². The molecule has 0 aliphatic carbocycles. The molecular formula is C19H22FN3O4S. The fourth-order valence-electron chi connectivity index (χ4n) is 2.45. The minimum absolute atomic E-state index is 0.142. The van der Waals surface area contributed by atoms with E-state index >= 15 is 0 Å². The maximum atomic E-state index is 13.8. The van der Waals surface area contributed by atoms with Crippen LogP contribution >= 0.6 is 0 Å². The van der Waals surface area contributed by atoms with Crippen LogP contribution in [-0.4, -0.2) is 32.5 Å². The number of carbonyl (C=O) groups is 2. The van der Waals surface area contributed by atoms with E-state index in [0.717, 1.165) is 6.26 Å². The average molecular weight is 407 g/mol. The quantitative estimate of drug-likeness (QED) is 0.656. The lowest BCUT2D eigenvalue weighted by molar-refractivity contribution is -0.118. The van der Waals surface area contributed by atoms with Crippen molar-refractivity contribution in [1.29, 1.82) is 0 Å².